The van der Waals surface area contributed by atoms with Crippen molar-refractivity contribution in [3.8, 4) is 0 Å². The molecule has 2 N–H and O–H groups in total. The molecule has 0 saturated heterocycles. The Morgan fingerprint density at radius 3 is 1.96 bits per heavy atom. The summed E-state index contributed by atoms with van der Waals surface area (Å²) < 4.78 is 13.1. The lowest BCUT2D eigenvalue weighted by atomic mass is 10.2. The molecule has 0 fully saturated rings. The van der Waals surface area contributed by atoms with Crippen molar-refractivity contribution in [3.05, 3.63) is 35.6 Å². The molecule has 0 unspecified atom stereocenters. The maximum atomic E-state index is 13.1. The average molecular weight is 385 g/mol. The Labute approximate surface area is 159 Å². The lowest BCUT2D eigenvalue weighted by Crippen LogP contribution is -2.25. The van der Waals surface area contributed by atoms with Gasteiger partial charge in [-0.15, -0.1) is 12.4 Å². The van der Waals surface area contributed by atoms with Gasteiger partial charge in [-0.2, -0.15) is 15.0 Å². The summed E-state index contributed by atoms with van der Waals surface area (Å²) in [4.78, 5) is 18.6. The van der Waals surface area contributed by atoms with Crippen LogP contribution >= 0.6 is 12.4 Å². The first-order chi connectivity index (χ1) is 12.2. The molecular formula is C17H26ClFN6O. The van der Waals surface area contributed by atoms with Gasteiger partial charge in [0.25, 0.3) is 5.95 Å². The first kappa shape index (κ1) is 21.9. The van der Waals surface area contributed by atoms with E-state index in [9.17, 15) is 4.39 Å². The van der Waals surface area contributed by atoms with Crippen molar-refractivity contribution in [2.24, 2.45) is 0 Å². The van der Waals surface area contributed by atoms with Crippen LogP contribution in [0.4, 0.5) is 22.2 Å². The smallest absolute Gasteiger partial charge is 0.256 e. The van der Waals surface area contributed by atoms with Crippen molar-refractivity contribution in [3.63, 3.8) is 0 Å². The molecule has 1 aromatic carbocycles. The second-order valence-electron chi connectivity index (χ2n) is 5.48. The number of aromatic nitrogens is 3. The number of rotatable bonds is 10. The average Bonchev–Trinajstić information content (AvgIpc) is 2.64. The zero-order valence-electron chi connectivity index (χ0n) is 15.3. The number of hydrogen-bond acceptors (Lipinski definition) is 7. The minimum atomic E-state index is -0.273. The molecule has 26 heavy (non-hydrogen) atoms. The van der Waals surface area contributed by atoms with Gasteiger partial charge < -0.3 is 10.6 Å². The second kappa shape index (κ2) is 11.4. The van der Waals surface area contributed by atoms with Gasteiger partial charge in [0.2, 0.25) is 11.9 Å². The Kier molecular flexibility index (Phi) is 9.61. The second-order valence-corrected chi connectivity index (χ2v) is 5.48. The van der Waals surface area contributed by atoms with Gasteiger partial charge in [-0.1, -0.05) is 26.0 Å². The molecule has 0 aliphatic heterocycles. The molecule has 2 aromatic rings. The van der Waals surface area contributed by atoms with Crippen LogP contribution in [0.5, 0.6) is 0 Å². The molecule has 0 saturated carbocycles. The number of hydroxylamine groups is 1. The molecule has 0 radical (unpaired) electrons. The third-order valence-corrected chi connectivity index (χ3v) is 3.37. The molecule has 144 valence electrons. The minimum absolute atomic E-state index is 0. The highest BCUT2D eigenvalue weighted by Gasteiger charge is 2.14. The first-order valence-electron chi connectivity index (χ1n) is 8.46. The van der Waals surface area contributed by atoms with Crippen LogP contribution in [-0.4, -0.2) is 35.2 Å². The maximum absolute atomic E-state index is 13.1. The summed E-state index contributed by atoms with van der Waals surface area (Å²) >= 11 is 0. The van der Waals surface area contributed by atoms with Gasteiger partial charge in [0.15, 0.2) is 0 Å². The molecule has 7 nitrogen and oxygen atoms in total. The van der Waals surface area contributed by atoms with Gasteiger partial charge in [-0.3, -0.25) is 4.84 Å². The topological polar surface area (TPSA) is 75.2 Å². The van der Waals surface area contributed by atoms with E-state index in [2.05, 4.69) is 39.4 Å². The third kappa shape index (κ3) is 6.61. The van der Waals surface area contributed by atoms with E-state index in [4.69, 9.17) is 4.84 Å². The highest BCUT2D eigenvalue weighted by atomic mass is 35.5. The van der Waals surface area contributed by atoms with Crippen LogP contribution in [0.3, 0.4) is 0 Å². The predicted molar refractivity (Wildman–Crippen MR) is 104 cm³/mol. The monoisotopic (exact) mass is 384 g/mol. The van der Waals surface area contributed by atoms with E-state index < -0.39 is 0 Å². The zero-order valence-corrected chi connectivity index (χ0v) is 16.1. The Hall–Kier alpha value is -2.19. The molecule has 2 rings (SSSR count). The van der Waals surface area contributed by atoms with Gasteiger partial charge in [-0.05, 0) is 30.5 Å². The molecule has 0 amide bonds. The van der Waals surface area contributed by atoms with E-state index >= 15 is 0 Å². The SMILES string of the molecule is CCCNc1nc(NCCC)nc(N(Cc2ccc(F)cc2)OC)n1.Cl. The third-order valence-electron chi connectivity index (χ3n) is 3.37. The summed E-state index contributed by atoms with van der Waals surface area (Å²) in [5, 5.41) is 7.88. The Bertz CT molecular complexity index is 632. The fourth-order valence-corrected chi connectivity index (χ4v) is 2.08. The summed E-state index contributed by atoms with van der Waals surface area (Å²) in [5.74, 6) is 1.10. The number of halogens is 2. The van der Waals surface area contributed by atoms with E-state index in [-0.39, 0.29) is 18.2 Å². The first-order valence-corrected chi connectivity index (χ1v) is 8.46. The number of nitrogens with zero attached hydrogens (tertiary/aromatic N) is 4. The van der Waals surface area contributed by atoms with Crippen molar-refractivity contribution in [1.29, 1.82) is 0 Å². The molecule has 0 bridgehead atoms. The van der Waals surface area contributed by atoms with Crippen LogP contribution in [0.25, 0.3) is 0 Å². The predicted octanol–water partition coefficient (Wildman–Crippen LogP) is 3.64. The van der Waals surface area contributed by atoms with Crippen molar-refractivity contribution in [2.45, 2.75) is 33.2 Å². The molecule has 1 heterocycles. The largest absolute Gasteiger partial charge is 0.354 e. The fourth-order valence-electron chi connectivity index (χ4n) is 2.08. The molecule has 0 aliphatic carbocycles. The van der Waals surface area contributed by atoms with E-state index in [1.54, 1.807) is 24.3 Å². The molecule has 0 atom stereocenters. The number of anilines is 3. The van der Waals surface area contributed by atoms with E-state index in [0.717, 1.165) is 31.5 Å². The molecule has 0 spiro atoms. The van der Waals surface area contributed by atoms with Gasteiger partial charge in [0.1, 0.15) is 5.82 Å². The Morgan fingerprint density at radius 1 is 0.962 bits per heavy atom. The molecule has 0 aliphatic rings. The Morgan fingerprint density at radius 2 is 1.50 bits per heavy atom. The quantitative estimate of drug-likeness (QED) is 0.605. The minimum Gasteiger partial charge on any atom is -0.354 e. The van der Waals surface area contributed by atoms with Crippen LogP contribution in [0.1, 0.15) is 32.3 Å². The highest BCUT2D eigenvalue weighted by molar-refractivity contribution is 5.85. The summed E-state index contributed by atoms with van der Waals surface area (Å²) in [6.07, 6.45) is 1.92. The van der Waals surface area contributed by atoms with E-state index in [0.29, 0.717) is 24.4 Å². The fraction of sp³-hybridized carbons (Fsp3) is 0.471. The zero-order chi connectivity index (χ0) is 18.1. The molecule has 1 aromatic heterocycles. The number of hydrogen-bond donors (Lipinski definition) is 2. The van der Waals surface area contributed by atoms with Crippen molar-refractivity contribution < 1.29 is 9.23 Å². The van der Waals surface area contributed by atoms with Gasteiger partial charge >= 0.3 is 0 Å². The van der Waals surface area contributed by atoms with Crippen LogP contribution in [0.2, 0.25) is 0 Å². The van der Waals surface area contributed by atoms with Gasteiger partial charge in [-0.25, -0.2) is 9.45 Å². The van der Waals surface area contributed by atoms with E-state index in [1.807, 2.05) is 0 Å². The van der Waals surface area contributed by atoms with Gasteiger partial charge in [0, 0.05) is 13.1 Å². The summed E-state index contributed by atoms with van der Waals surface area (Å²) in [6, 6.07) is 6.24. The standard InChI is InChI=1S/C17H25FN6O.ClH/c1-4-10-19-15-21-16(20-11-5-2)23-17(22-15)24(25-3)12-13-6-8-14(18)9-7-13;/h6-9H,4-5,10-12H2,1-3H3,(H2,19,20,21,22,23);1H. The number of benzene rings is 1. The lowest BCUT2D eigenvalue weighted by molar-refractivity contribution is 0.158. The Balaban J connectivity index is 0.00000338. The number of nitrogens with one attached hydrogen (secondary N) is 2. The molecular weight excluding hydrogens is 359 g/mol. The maximum Gasteiger partial charge on any atom is 0.256 e. The normalized spacial score (nSPS) is 10.2. The van der Waals surface area contributed by atoms with Crippen LogP contribution in [0.15, 0.2) is 24.3 Å². The highest BCUT2D eigenvalue weighted by Crippen LogP contribution is 2.17. The van der Waals surface area contributed by atoms with E-state index in [1.165, 1.54) is 12.1 Å². The van der Waals surface area contributed by atoms with Crippen molar-refractivity contribution >= 4 is 30.3 Å². The van der Waals surface area contributed by atoms with Crippen LogP contribution in [0, 0.1) is 5.82 Å². The van der Waals surface area contributed by atoms with Crippen molar-refractivity contribution in [2.75, 3.05) is 35.9 Å². The summed E-state index contributed by atoms with van der Waals surface area (Å²) in [6.45, 7) is 6.06. The summed E-state index contributed by atoms with van der Waals surface area (Å²) in [7, 11) is 1.55. The van der Waals surface area contributed by atoms with Crippen LogP contribution < -0.4 is 15.7 Å². The van der Waals surface area contributed by atoms with Crippen LogP contribution in [-0.2, 0) is 11.4 Å². The van der Waals surface area contributed by atoms with Gasteiger partial charge in [0.05, 0.1) is 13.7 Å². The van der Waals surface area contributed by atoms with Crippen molar-refractivity contribution in [1.82, 2.24) is 15.0 Å². The lowest BCUT2D eigenvalue weighted by Gasteiger charge is -2.20. The summed E-state index contributed by atoms with van der Waals surface area (Å²) in [5.41, 5.74) is 0.884. The molecule has 9 heteroatoms.